The van der Waals surface area contributed by atoms with Gasteiger partial charge in [-0.15, -0.1) is 13.2 Å². The summed E-state index contributed by atoms with van der Waals surface area (Å²) in [6, 6.07) is 0. The van der Waals surface area contributed by atoms with Crippen LogP contribution in [0.25, 0.3) is 0 Å². The van der Waals surface area contributed by atoms with Gasteiger partial charge in [-0.05, 0) is 53.6 Å². The zero-order valence-electron chi connectivity index (χ0n) is 21.1. The molecule has 0 aromatic rings. The van der Waals surface area contributed by atoms with Crippen LogP contribution in [0.2, 0.25) is 0 Å². The van der Waals surface area contributed by atoms with Gasteiger partial charge in [0.05, 0.1) is 12.4 Å². The third kappa shape index (κ3) is 6.26. The van der Waals surface area contributed by atoms with Gasteiger partial charge in [-0.1, -0.05) is 68.2 Å². The summed E-state index contributed by atoms with van der Waals surface area (Å²) in [6.07, 6.45) is 20.6. The second-order valence-corrected chi connectivity index (χ2v) is 22.1. The van der Waals surface area contributed by atoms with Crippen LogP contribution in [0.1, 0.15) is 62.3 Å². The first-order valence-electron chi connectivity index (χ1n) is 11.4. The molecule has 0 aromatic carbocycles. The maximum absolute atomic E-state index is 6.82. The smallest absolute Gasteiger partial charge is 0.219 e. The predicted octanol–water partition coefficient (Wildman–Crippen LogP) is 7.81. The highest BCUT2D eigenvalue weighted by molar-refractivity contribution is 7.84. The third-order valence-electron chi connectivity index (χ3n) is 8.37. The van der Waals surface area contributed by atoms with Crippen molar-refractivity contribution in [3.63, 3.8) is 0 Å². The van der Waals surface area contributed by atoms with Crippen LogP contribution in [0.3, 0.4) is 0 Å². The first-order valence-corrected chi connectivity index (χ1v) is 18.2. The fourth-order valence-corrected chi connectivity index (χ4v) is 14.9. The molecule has 1 rings (SSSR count). The van der Waals surface area contributed by atoms with Gasteiger partial charge in [-0.3, -0.25) is 0 Å². The fourth-order valence-electron chi connectivity index (χ4n) is 4.22. The standard InChI is InChI=1S/C25H50OP3/c1-14-28(12,15-2)17-18-29(13,16-3)19-27(11)25(9,10)26-23-20(4)21(5)24(7,8)22(23)6/h21-23H,4,11-19H2,1-3,5-10H3/q+1. The summed E-state index contributed by atoms with van der Waals surface area (Å²) >= 11 is 0. The van der Waals surface area contributed by atoms with Gasteiger partial charge < -0.3 is 4.74 Å². The molecule has 1 aliphatic carbocycles. The van der Waals surface area contributed by atoms with Gasteiger partial charge in [0.15, 0.2) is 0 Å². The maximum atomic E-state index is 6.82. The predicted molar refractivity (Wildman–Crippen MR) is 149 cm³/mol. The molecule has 1 aliphatic rings. The van der Waals surface area contributed by atoms with Crippen molar-refractivity contribution in [2.45, 2.75) is 73.8 Å². The van der Waals surface area contributed by atoms with Gasteiger partial charge in [0, 0.05) is 13.8 Å². The molecule has 29 heavy (non-hydrogen) atoms. The van der Waals surface area contributed by atoms with Gasteiger partial charge in [0.25, 0.3) is 0 Å². The summed E-state index contributed by atoms with van der Waals surface area (Å²) in [5, 5.41) is -0.207. The molecule has 5 unspecified atom stereocenters. The Morgan fingerprint density at radius 3 is 1.83 bits per heavy atom. The van der Waals surface area contributed by atoms with Crippen molar-refractivity contribution < 1.29 is 4.74 Å². The molecule has 0 heterocycles. The molecule has 1 fully saturated rings. The average molecular weight is 460 g/mol. The minimum Gasteiger partial charge on any atom is -0.328 e. The molecule has 0 aromatic heterocycles. The number of hydrogen-bond donors (Lipinski definition) is 0. The van der Waals surface area contributed by atoms with Crippen LogP contribution in [-0.2, 0) is 4.74 Å². The first kappa shape index (κ1) is 27.5. The van der Waals surface area contributed by atoms with Crippen molar-refractivity contribution in [3.8, 4) is 0 Å². The molecule has 1 saturated carbocycles. The highest BCUT2D eigenvalue weighted by Crippen LogP contribution is 2.60. The van der Waals surface area contributed by atoms with E-state index in [4.69, 9.17) is 11.0 Å². The van der Waals surface area contributed by atoms with Crippen molar-refractivity contribution >= 4 is 40.2 Å². The molecule has 0 N–H and O–H groups in total. The zero-order valence-corrected chi connectivity index (χ0v) is 23.7. The van der Waals surface area contributed by atoms with E-state index in [1.54, 1.807) is 0 Å². The summed E-state index contributed by atoms with van der Waals surface area (Å²) in [7, 11) is -0.507. The molecular formula is C25H50OP3+. The molecule has 4 heteroatoms. The van der Waals surface area contributed by atoms with E-state index in [0.717, 1.165) is 0 Å². The first-order chi connectivity index (χ1) is 13.1. The highest BCUT2D eigenvalue weighted by atomic mass is 31.2. The van der Waals surface area contributed by atoms with Crippen molar-refractivity contribution in [2.75, 3.05) is 36.7 Å². The molecular weight excluding hydrogens is 409 g/mol. The van der Waals surface area contributed by atoms with Crippen LogP contribution >= 0.6 is 21.3 Å². The van der Waals surface area contributed by atoms with E-state index >= 15 is 0 Å². The maximum Gasteiger partial charge on any atom is 0.219 e. The topological polar surface area (TPSA) is 9.23 Å². The third-order valence-corrected chi connectivity index (χ3v) is 20.5. The Morgan fingerprint density at radius 2 is 1.45 bits per heavy atom. The van der Waals surface area contributed by atoms with E-state index in [0.29, 0.717) is 11.8 Å². The second kappa shape index (κ2) is 9.95. The van der Waals surface area contributed by atoms with Gasteiger partial charge in [0.2, 0.25) is 5.34 Å². The molecule has 0 spiro atoms. The highest BCUT2D eigenvalue weighted by Gasteiger charge is 2.51. The quantitative estimate of drug-likeness (QED) is 0.226. The molecule has 0 saturated heterocycles. The Labute approximate surface area is 184 Å². The van der Waals surface area contributed by atoms with Crippen molar-refractivity contribution in [3.05, 3.63) is 12.2 Å². The van der Waals surface area contributed by atoms with Gasteiger partial charge in [-0.25, -0.2) is 0 Å². The van der Waals surface area contributed by atoms with E-state index < -0.39 is 21.3 Å². The molecule has 5 atom stereocenters. The van der Waals surface area contributed by atoms with Crippen LogP contribution in [0.15, 0.2) is 12.2 Å². The zero-order chi connectivity index (χ0) is 22.8. The average Bonchev–Trinajstić information content (AvgIpc) is 2.80. The summed E-state index contributed by atoms with van der Waals surface area (Å²) in [5.74, 6) is 2.14. The van der Waals surface area contributed by atoms with Gasteiger partial charge in [-0.2, -0.15) is 0 Å². The van der Waals surface area contributed by atoms with Crippen LogP contribution in [-0.4, -0.2) is 67.1 Å². The Balaban J connectivity index is 2.91. The van der Waals surface area contributed by atoms with Gasteiger partial charge >= 0.3 is 0 Å². The van der Waals surface area contributed by atoms with Crippen LogP contribution in [0, 0.1) is 17.3 Å². The fraction of sp³-hybridized carbons (Fsp3) is 0.800. The normalized spacial score (nSPS) is 27.7. The lowest BCUT2D eigenvalue weighted by Gasteiger charge is -2.32. The lowest BCUT2D eigenvalue weighted by atomic mass is 9.77. The van der Waals surface area contributed by atoms with Crippen LogP contribution in [0.4, 0.5) is 0 Å². The van der Waals surface area contributed by atoms with Crippen LogP contribution < -0.4 is 0 Å². The minimum absolute atomic E-state index is 0.138. The summed E-state index contributed by atoms with van der Waals surface area (Å²) < 4.78 is 6.82. The van der Waals surface area contributed by atoms with Crippen molar-refractivity contribution in [1.82, 2.24) is 0 Å². The van der Waals surface area contributed by atoms with E-state index in [9.17, 15) is 0 Å². The Hall–Kier alpha value is 0.470. The largest absolute Gasteiger partial charge is 0.328 e. The second-order valence-electron chi connectivity index (χ2n) is 10.7. The Morgan fingerprint density at radius 1 is 1.00 bits per heavy atom. The number of ether oxygens (including phenoxy) is 1. The van der Waals surface area contributed by atoms with Crippen molar-refractivity contribution in [1.29, 1.82) is 0 Å². The Bertz CT molecular complexity index is 693. The lowest BCUT2D eigenvalue weighted by Crippen LogP contribution is -2.33. The molecule has 0 aliphatic heterocycles. The van der Waals surface area contributed by atoms with E-state index in [1.807, 2.05) is 0 Å². The number of hydrogen-bond acceptors (Lipinski definition) is 1. The van der Waals surface area contributed by atoms with E-state index in [-0.39, 0.29) is 16.9 Å². The minimum atomic E-state index is -1.24. The lowest BCUT2D eigenvalue weighted by molar-refractivity contribution is -0.0285. The molecule has 170 valence electrons. The molecule has 1 nitrogen and oxygen atoms in total. The van der Waals surface area contributed by atoms with Crippen molar-refractivity contribution in [2.24, 2.45) is 17.3 Å². The van der Waals surface area contributed by atoms with E-state index in [2.05, 4.69) is 81.5 Å². The summed E-state index contributed by atoms with van der Waals surface area (Å²) in [5.41, 5.74) is 1.50. The number of rotatable bonds is 11. The molecule has 0 amide bonds. The monoisotopic (exact) mass is 459 g/mol. The van der Waals surface area contributed by atoms with E-state index in [1.165, 1.54) is 42.3 Å². The van der Waals surface area contributed by atoms with Crippen LogP contribution in [0.5, 0.6) is 0 Å². The SMILES string of the molecule is C=C1C(OC(C)(C)[P+](=C)CP(=C)(CC)CCP(=C)(CC)CC)C(C)C(C)(C)C1C. The van der Waals surface area contributed by atoms with Gasteiger partial charge in [0.1, 0.15) is 13.4 Å². The summed E-state index contributed by atoms with van der Waals surface area (Å²) in [6.45, 7) is 23.0. The summed E-state index contributed by atoms with van der Waals surface area (Å²) in [4.78, 5) is 0. The molecule has 0 bridgehead atoms. The Kier molecular flexibility index (Phi) is 9.44. The molecule has 0 radical (unpaired) electrons.